The molecule has 30 heavy (non-hydrogen) atoms. The third-order valence-electron chi connectivity index (χ3n) is 5.46. The Kier molecular flexibility index (Phi) is 5.98. The molecule has 2 aliphatic rings. The largest absolute Gasteiger partial charge is 0.490 e. The molecular weight excluding hydrogens is 378 g/mol. The van der Waals surface area contributed by atoms with E-state index in [-0.39, 0.29) is 19.0 Å². The first-order chi connectivity index (χ1) is 14.6. The summed E-state index contributed by atoms with van der Waals surface area (Å²) in [6.07, 6.45) is 2.15. The highest BCUT2D eigenvalue weighted by atomic mass is 16.6. The lowest BCUT2D eigenvalue weighted by Gasteiger charge is -2.34. The van der Waals surface area contributed by atoms with Gasteiger partial charge in [0.1, 0.15) is 19.0 Å². The Balaban J connectivity index is 1.54. The van der Waals surface area contributed by atoms with Crippen LogP contribution in [-0.4, -0.2) is 25.0 Å². The minimum atomic E-state index is -0.421. The predicted octanol–water partition coefficient (Wildman–Crippen LogP) is 4.28. The monoisotopic (exact) mass is 403 g/mol. The van der Waals surface area contributed by atoms with E-state index >= 15 is 0 Å². The Morgan fingerprint density at radius 1 is 1.00 bits per heavy atom. The van der Waals surface area contributed by atoms with Gasteiger partial charge in [-0.15, -0.1) is 0 Å². The molecule has 0 amide bonds. The third kappa shape index (κ3) is 4.15. The zero-order valence-corrected chi connectivity index (χ0v) is 17.0. The van der Waals surface area contributed by atoms with Crippen LogP contribution in [0.15, 0.2) is 83.2 Å². The molecule has 0 saturated heterocycles. The summed E-state index contributed by atoms with van der Waals surface area (Å²) in [7, 11) is 0. The molecule has 0 saturated carbocycles. The zero-order chi connectivity index (χ0) is 20.9. The fourth-order valence-corrected chi connectivity index (χ4v) is 4.12. The predicted molar refractivity (Wildman–Crippen MR) is 114 cm³/mol. The SMILES string of the molecule is CC1=C(C(=O)OCCOc2ccccc2)[C@@H](c2ccccc2)C2=C(CCCC2=O)N1. The molecule has 1 heterocycles. The van der Waals surface area contributed by atoms with Crippen molar-refractivity contribution in [2.75, 3.05) is 13.2 Å². The van der Waals surface area contributed by atoms with E-state index < -0.39 is 11.9 Å². The molecule has 0 aromatic heterocycles. The van der Waals surface area contributed by atoms with Gasteiger partial charge in [-0.3, -0.25) is 4.79 Å². The van der Waals surface area contributed by atoms with E-state index in [0.29, 0.717) is 17.6 Å². The standard InChI is InChI=1S/C25H25NO4/c1-17-22(25(28)30-16-15-29-19-11-6-3-7-12-19)23(18-9-4-2-5-10-18)24-20(26-17)13-8-14-21(24)27/h2-7,9-12,23,26H,8,13-16H2,1H3/t23-/m1/s1. The van der Waals surface area contributed by atoms with Gasteiger partial charge in [0, 0.05) is 29.3 Å². The van der Waals surface area contributed by atoms with Crippen LogP contribution in [0.1, 0.15) is 37.7 Å². The topological polar surface area (TPSA) is 64.6 Å². The van der Waals surface area contributed by atoms with E-state index in [2.05, 4.69) is 5.32 Å². The van der Waals surface area contributed by atoms with Crippen molar-refractivity contribution in [2.45, 2.75) is 32.1 Å². The second-order valence-electron chi connectivity index (χ2n) is 7.47. The van der Waals surface area contributed by atoms with Crippen molar-refractivity contribution in [3.05, 3.63) is 88.8 Å². The first kappa shape index (κ1) is 20.0. The van der Waals surface area contributed by atoms with Crippen LogP contribution in [0.2, 0.25) is 0 Å². The van der Waals surface area contributed by atoms with E-state index in [1.807, 2.05) is 67.6 Å². The van der Waals surface area contributed by atoms with Crippen molar-refractivity contribution < 1.29 is 19.1 Å². The molecule has 0 spiro atoms. The molecule has 5 nitrogen and oxygen atoms in total. The van der Waals surface area contributed by atoms with Crippen LogP contribution < -0.4 is 10.1 Å². The summed E-state index contributed by atoms with van der Waals surface area (Å²) < 4.78 is 11.2. The molecule has 4 rings (SSSR count). The van der Waals surface area contributed by atoms with Gasteiger partial charge in [-0.05, 0) is 37.5 Å². The first-order valence-electron chi connectivity index (χ1n) is 10.3. The summed E-state index contributed by atoms with van der Waals surface area (Å²) in [6.45, 7) is 2.26. The lowest BCUT2D eigenvalue weighted by atomic mass is 9.75. The van der Waals surface area contributed by atoms with Crippen molar-refractivity contribution >= 4 is 11.8 Å². The molecule has 5 heteroatoms. The molecule has 1 aliphatic heterocycles. The number of rotatable bonds is 6. The van der Waals surface area contributed by atoms with Crippen LogP contribution in [0.3, 0.4) is 0 Å². The number of carbonyl (C=O) groups is 2. The molecule has 0 bridgehead atoms. The van der Waals surface area contributed by atoms with Gasteiger partial charge in [0.15, 0.2) is 5.78 Å². The molecule has 154 valence electrons. The van der Waals surface area contributed by atoms with Gasteiger partial charge in [-0.2, -0.15) is 0 Å². The summed E-state index contributed by atoms with van der Waals surface area (Å²) in [4.78, 5) is 25.9. The average molecular weight is 403 g/mol. The Hall–Kier alpha value is -3.34. The Morgan fingerprint density at radius 3 is 2.43 bits per heavy atom. The lowest BCUT2D eigenvalue weighted by molar-refractivity contribution is -0.140. The van der Waals surface area contributed by atoms with Crippen LogP contribution in [0, 0.1) is 0 Å². The van der Waals surface area contributed by atoms with E-state index in [9.17, 15) is 9.59 Å². The minimum absolute atomic E-state index is 0.0998. The van der Waals surface area contributed by atoms with Crippen LogP contribution in [0.5, 0.6) is 5.75 Å². The first-order valence-corrected chi connectivity index (χ1v) is 10.3. The number of dihydropyridines is 1. The summed E-state index contributed by atoms with van der Waals surface area (Å²) in [5.74, 6) is 0.00378. The molecule has 0 unspecified atom stereocenters. The number of nitrogens with one attached hydrogen (secondary N) is 1. The molecule has 1 aliphatic carbocycles. The van der Waals surface area contributed by atoms with Gasteiger partial charge < -0.3 is 14.8 Å². The number of Topliss-reactive ketones (excluding diaryl/α,β-unsaturated/α-hetero) is 1. The highest BCUT2D eigenvalue weighted by Gasteiger charge is 2.38. The molecule has 0 fully saturated rings. The van der Waals surface area contributed by atoms with E-state index in [0.717, 1.165) is 35.5 Å². The van der Waals surface area contributed by atoms with Crippen molar-refractivity contribution in [3.8, 4) is 5.75 Å². The third-order valence-corrected chi connectivity index (χ3v) is 5.46. The van der Waals surface area contributed by atoms with Crippen molar-refractivity contribution in [2.24, 2.45) is 0 Å². The number of hydrogen-bond donors (Lipinski definition) is 1. The number of allylic oxidation sites excluding steroid dienone is 3. The van der Waals surface area contributed by atoms with Crippen molar-refractivity contribution in [3.63, 3.8) is 0 Å². The fourth-order valence-electron chi connectivity index (χ4n) is 4.12. The Labute approximate surface area is 176 Å². The zero-order valence-electron chi connectivity index (χ0n) is 17.0. The van der Waals surface area contributed by atoms with E-state index in [1.165, 1.54) is 0 Å². The number of ketones is 1. The molecule has 0 radical (unpaired) electrons. The fraction of sp³-hybridized carbons (Fsp3) is 0.280. The number of ether oxygens (including phenoxy) is 2. The number of hydrogen-bond acceptors (Lipinski definition) is 5. The number of esters is 1. The van der Waals surface area contributed by atoms with Gasteiger partial charge in [-0.25, -0.2) is 4.79 Å². The quantitative estimate of drug-likeness (QED) is 0.576. The van der Waals surface area contributed by atoms with Crippen molar-refractivity contribution in [1.82, 2.24) is 5.32 Å². The van der Waals surface area contributed by atoms with Gasteiger partial charge in [0.25, 0.3) is 0 Å². The highest BCUT2D eigenvalue weighted by molar-refractivity contribution is 6.03. The highest BCUT2D eigenvalue weighted by Crippen LogP contribution is 2.42. The van der Waals surface area contributed by atoms with Crippen LogP contribution in [0.4, 0.5) is 0 Å². The summed E-state index contributed by atoms with van der Waals surface area (Å²) >= 11 is 0. The van der Waals surface area contributed by atoms with Crippen LogP contribution in [0.25, 0.3) is 0 Å². The Morgan fingerprint density at radius 2 is 1.70 bits per heavy atom. The molecule has 2 aromatic rings. The Bertz CT molecular complexity index is 992. The normalized spacial score (nSPS) is 18.6. The lowest BCUT2D eigenvalue weighted by Crippen LogP contribution is -2.34. The second kappa shape index (κ2) is 8.99. The average Bonchev–Trinajstić information content (AvgIpc) is 2.77. The van der Waals surface area contributed by atoms with Crippen LogP contribution >= 0.6 is 0 Å². The van der Waals surface area contributed by atoms with Crippen LogP contribution in [-0.2, 0) is 14.3 Å². The molecule has 1 atom stereocenters. The van der Waals surface area contributed by atoms with Crippen molar-refractivity contribution in [1.29, 1.82) is 0 Å². The minimum Gasteiger partial charge on any atom is -0.490 e. The summed E-state index contributed by atoms with van der Waals surface area (Å²) in [5.41, 5.74) is 3.79. The number of carbonyl (C=O) groups excluding carboxylic acids is 2. The maximum atomic E-state index is 13.1. The maximum absolute atomic E-state index is 13.1. The number of para-hydroxylation sites is 1. The van der Waals surface area contributed by atoms with Gasteiger partial charge in [0.05, 0.1) is 5.57 Å². The number of benzene rings is 2. The van der Waals surface area contributed by atoms with E-state index in [1.54, 1.807) is 0 Å². The van der Waals surface area contributed by atoms with E-state index in [4.69, 9.17) is 9.47 Å². The summed E-state index contributed by atoms with van der Waals surface area (Å²) in [6, 6.07) is 19.1. The van der Waals surface area contributed by atoms with Gasteiger partial charge in [0.2, 0.25) is 0 Å². The smallest absolute Gasteiger partial charge is 0.336 e. The summed E-state index contributed by atoms with van der Waals surface area (Å²) in [5, 5.41) is 3.30. The molecule has 1 N–H and O–H groups in total. The maximum Gasteiger partial charge on any atom is 0.336 e. The van der Waals surface area contributed by atoms with Gasteiger partial charge in [-0.1, -0.05) is 48.5 Å². The molecular formula is C25H25NO4. The second-order valence-corrected chi connectivity index (χ2v) is 7.47. The van der Waals surface area contributed by atoms with Gasteiger partial charge >= 0.3 is 5.97 Å². The molecule has 2 aromatic carbocycles.